The van der Waals surface area contributed by atoms with Crippen LogP contribution in [0.1, 0.15) is 36.1 Å². The van der Waals surface area contributed by atoms with E-state index >= 15 is 0 Å². The summed E-state index contributed by atoms with van der Waals surface area (Å²) in [5.74, 6) is 0. The molecule has 1 rings (SSSR count). The molecule has 86 valence electrons. The van der Waals surface area contributed by atoms with Gasteiger partial charge in [-0.15, -0.1) is 11.3 Å². The predicted molar refractivity (Wildman–Crippen MR) is 66.6 cm³/mol. The summed E-state index contributed by atoms with van der Waals surface area (Å²) in [6.45, 7) is 8.99. The summed E-state index contributed by atoms with van der Waals surface area (Å²) in [6.07, 6.45) is 1.06. The minimum absolute atomic E-state index is 0.459. The minimum atomic E-state index is 0.459. The second-order valence-corrected chi connectivity index (χ2v) is 4.86. The third-order valence-corrected chi connectivity index (χ3v) is 3.42. The first-order chi connectivity index (χ1) is 7.27. The van der Waals surface area contributed by atoms with Gasteiger partial charge < -0.3 is 10.1 Å². The molecule has 0 aliphatic heterocycles. The van der Waals surface area contributed by atoms with Crippen LogP contribution in [0.2, 0.25) is 0 Å². The fraction of sp³-hybridized carbons (Fsp3) is 0.667. The maximum Gasteiger partial charge on any atom is 0.0484 e. The summed E-state index contributed by atoms with van der Waals surface area (Å²) >= 11 is 1.88. The van der Waals surface area contributed by atoms with E-state index in [1.54, 1.807) is 0 Å². The molecule has 2 nitrogen and oxygen atoms in total. The highest BCUT2D eigenvalue weighted by atomic mass is 32.1. The second-order valence-electron chi connectivity index (χ2n) is 3.54. The zero-order chi connectivity index (χ0) is 11.1. The molecular formula is C12H21NOS. The zero-order valence-corrected chi connectivity index (χ0v) is 10.7. The Labute approximate surface area is 96.7 Å². The average Bonchev–Trinajstić information content (AvgIpc) is 2.64. The number of thiophene rings is 1. The van der Waals surface area contributed by atoms with Gasteiger partial charge in [0, 0.05) is 29.0 Å². The van der Waals surface area contributed by atoms with Crippen molar-refractivity contribution in [1.29, 1.82) is 0 Å². The number of nitrogens with one attached hydrogen (secondary N) is 1. The van der Waals surface area contributed by atoms with Crippen LogP contribution < -0.4 is 5.32 Å². The molecule has 0 amide bonds. The largest absolute Gasteiger partial charge is 0.382 e. The lowest BCUT2D eigenvalue weighted by Crippen LogP contribution is -2.21. The molecule has 0 radical (unpaired) electrons. The average molecular weight is 227 g/mol. The smallest absolute Gasteiger partial charge is 0.0484 e. The van der Waals surface area contributed by atoms with Crippen LogP contribution in [-0.2, 0) is 4.74 Å². The summed E-state index contributed by atoms with van der Waals surface area (Å²) in [5.41, 5.74) is 0. The van der Waals surface area contributed by atoms with Crippen molar-refractivity contribution in [3.05, 3.63) is 21.9 Å². The van der Waals surface area contributed by atoms with Crippen molar-refractivity contribution >= 4 is 11.3 Å². The van der Waals surface area contributed by atoms with Gasteiger partial charge in [0.05, 0.1) is 0 Å². The van der Waals surface area contributed by atoms with Gasteiger partial charge in [0.15, 0.2) is 0 Å². The molecule has 1 aromatic rings. The normalized spacial score (nSPS) is 13.0. The van der Waals surface area contributed by atoms with Crippen molar-refractivity contribution < 1.29 is 4.74 Å². The minimum Gasteiger partial charge on any atom is -0.382 e. The van der Waals surface area contributed by atoms with E-state index in [-0.39, 0.29) is 0 Å². The molecule has 0 saturated carbocycles. The van der Waals surface area contributed by atoms with E-state index < -0.39 is 0 Å². The highest BCUT2D eigenvalue weighted by molar-refractivity contribution is 7.12. The van der Waals surface area contributed by atoms with E-state index in [0.29, 0.717) is 6.04 Å². The lowest BCUT2D eigenvalue weighted by atomic mass is 10.2. The molecule has 1 atom stereocenters. The number of aryl methyl sites for hydroxylation is 1. The van der Waals surface area contributed by atoms with Crippen LogP contribution in [0.5, 0.6) is 0 Å². The molecule has 0 aliphatic carbocycles. The lowest BCUT2D eigenvalue weighted by Gasteiger charge is -2.16. The Morgan fingerprint density at radius 1 is 1.40 bits per heavy atom. The summed E-state index contributed by atoms with van der Waals surface area (Å²) in [4.78, 5) is 2.80. The summed E-state index contributed by atoms with van der Waals surface area (Å²) < 4.78 is 5.40. The van der Waals surface area contributed by atoms with Crippen molar-refractivity contribution in [2.75, 3.05) is 19.8 Å². The van der Waals surface area contributed by atoms with Crippen molar-refractivity contribution in [3.63, 3.8) is 0 Å². The van der Waals surface area contributed by atoms with Gasteiger partial charge in [-0.3, -0.25) is 0 Å². The molecule has 0 bridgehead atoms. The number of ether oxygens (including phenoxy) is 1. The van der Waals surface area contributed by atoms with Crippen LogP contribution in [0.4, 0.5) is 0 Å². The topological polar surface area (TPSA) is 21.3 Å². The fourth-order valence-corrected chi connectivity index (χ4v) is 2.56. The molecule has 1 aromatic heterocycles. The Morgan fingerprint density at radius 2 is 2.20 bits per heavy atom. The third kappa shape index (κ3) is 4.33. The van der Waals surface area contributed by atoms with Gasteiger partial charge in [-0.1, -0.05) is 6.92 Å². The van der Waals surface area contributed by atoms with E-state index in [1.165, 1.54) is 9.75 Å². The zero-order valence-electron chi connectivity index (χ0n) is 9.88. The highest BCUT2D eigenvalue weighted by Gasteiger charge is 2.11. The van der Waals surface area contributed by atoms with E-state index in [4.69, 9.17) is 4.74 Å². The van der Waals surface area contributed by atoms with E-state index in [2.05, 4.69) is 31.3 Å². The third-order valence-electron chi connectivity index (χ3n) is 2.31. The van der Waals surface area contributed by atoms with Gasteiger partial charge in [0.2, 0.25) is 0 Å². The van der Waals surface area contributed by atoms with Gasteiger partial charge in [-0.2, -0.15) is 0 Å². The number of rotatable bonds is 7. The molecular weight excluding hydrogens is 206 g/mol. The van der Waals surface area contributed by atoms with Crippen molar-refractivity contribution in [2.45, 2.75) is 33.2 Å². The van der Waals surface area contributed by atoms with Gasteiger partial charge in [0.25, 0.3) is 0 Å². The Morgan fingerprint density at radius 3 is 2.73 bits per heavy atom. The first kappa shape index (κ1) is 12.7. The fourth-order valence-electron chi connectivity index (χ4n) is 1.58. The molecule has 15 heavy (non-hydrogen) atoms. The van der Waals surface area contributed by atoms with E-state index in [0.717, 1.165) is 26.2 Å². The van der Waals surface area contributed by atoms with Gasteiger partial charge in [-0.25, -0.2) is 0 Å². The van der Waals surface area contributed by atoms with E-state index in [1.807, 2.05) is 18.3 Å². The van der Waals surface area contributed by atoms with Crippen LogP contribution in [0, 0.1) is 6.92 Å². The van der Waals surface area contributed by atoms with Crippen molar-refractivity contribution in [3.8, 4) is 0 Å². The van der Waals surface area contributed by atoms with Crippen LogP contribution in [0.25, 0.3) is 0 Å². The molecule has 1 unspecified atom stereocenters. The summed E-state index contributed by atoms with van der Waals surface area (Å²) in [7, 11) is 0. The monoisotopic (exact) mass is 227 g/mol. The number of hydrogen-bond donors (Lipinski definition) is 1. The molecule has 0 aliphatic rings. The molecule has 0 spiro atoms. The van der Waals surface area contributed by atoms with Crippen molar-refractivity contribution in [1.82, 2.24) is 5.32 Å². The van der Waals surface area contributed by atoms with Crippen LogP contribution >= 0.6 is 11.3 Å². The molecule has 0 saturated heterocycles. The standard InChI is InChI=1S/C12H21NOS/c1-4-13-11(8-9-14-5-2)12-7-6-10(3)15-12/h6-7,11,13H,4-5,8-9H2,1-3H3. The highest BCUT2D eigenvalue weighted by Crippen LogP contribution is 2.24. The Bertz CT molecular complexity index is 272. The lowest BCUT2D eigenvalue weighted by molar-refractivity contribution is 0.137. The van der Waals surface area contributed by atoms with Gasteiger partial charge >= 0.3 is 0 Å². The van der Waals surface area contributed by atoms with Gasteiger partial charge in [0.1, 0.15) is 0 Å². The first-order valence-electron chi connectivity index (χ1n) is 5.65. The first-order valence-corrected chi connectivity index (χ1v) is 6.47. The second kappa shape index (κ2) is 6.99. The molecule has 1 heterocycles. The Balaban J connectivity index is 2.49. The maximum atomic E-state index is 5.40. The Kier molecular flexibility index (Phi) is 5.91. The predicted octanol–water partition coefficient (Wildman–Crippen LogP) is 3.13. The maximum absolute atomic E-state index is 5.40. The van der Waals surface area contributed by atoms with Crippen molar-refractivity contribution in [2.24, 2.45) is 0 Å². The summed E-state index contributed by atoms with van der Waals surface area (Å²) in [6, 6.07) is 4.87. The van der Waals surface area contributed by atoms with Crippen LogP contribution in [-0.4, -0.2) is 19.8 Å². The van der Waals surface area contributed by atoms with Gasteiger partial charge in [-0.05, 0) is 38.9 Å². The molecule has 3 heteroatoms. The summed E-state index contributed by atoms with van der Waals surface area (Å²) in [5, 5.41) is 3.50. The quantitative estimate of drug-likeness (QED) is 0.723. The van der Waals surface area contributed by atoms with Crippen LogP contribution in [0.15, 0.2) is 12.1 Å². The molecule has 1 N–H and O–H groups in total. The van der Waals surface area contributed by atoms with E-state index in [9.17, 15) is 0 Å². The number of hydrogen-bond acceptors (Lipinski definition) is 3. The van der Waals surface area contributed by atoms with Crippen LogP contribution in [0.3, 0.4) is 0 Å². The Hall–Kier alpha value is -0.380. The SMILES string of the molecule is CCNC(CCOCC)c1ccc(C)s1. The molecule has 0 aromatic carbocycles. The molecule has 0 fully saturated rings.